The number of piperidine rings is 1. The van der Waals surface area contributed by atoms with Crippen molar-refractivity contribution in [2.24, 2.45) is 11.8 Å². The zero-order valence-corrected chi connectivity index (χ0v) is 16.2. The van der Waals surface area contributed by atoms with Gasteiger partial charge in [0.2, 0.25) is 5.91 Å². The van der Waals surface area contributed by atoms with Gasteiger partial charge in [0.15, 0.2) is 0 Å². The standard InChI is InChI=1S/C21H31N3O2/c1-15-10-16(2)13-23(12-15)14-17(3)22-21(26)18-6-4-7-19(11-18)24-9-5-8-20(24)25/h4,6-7,11,15-17H,5,8-10,12-14H2,1-3H3,(H,22,26). The Hall–Kier alpha value is -1.88. The van der Waals surface area contributed by atoms with Crippen LogP contribution in [0.3, 0.4) is 0 Å². The van der Waals surface area contributed by atoms with Gasteiger partial charge < -0.3 is 15.1 Å². The van der Waals surface area contributed by atoms with Crippen molar-refractivity contribution in [2.75, 3.05) is 31.1 Å². The molecule has 0 spiro atoms. The first-order chi connectivity index (χ1) is 12.4. The Bertz CT molecular complexity index is 650. The molecular weight excluding hydrogens is 326 g/mol. The van der Waals surface area contributed by atoms with Gasteiger partial charge in [0, 0.05) is 49.9 Å². The summed E-state index contributed by atoms with van der Waals surface area (Å²) in [6.45, 7) is 10.5. The number of nitrogens with zero attached hydrogens (tertiary/aromatic N) is 2. The highest BCUT2D eigenvalue weighted by atomic mass is 16.2. The molecule has 0 radical (unpaired) electrons. The van der Waals surface area contributed by atoms with Crippen LogP contribution >= 0.6 is 0 Å². The number of hydrogen-bond donors (Lipinski definition) is 1. The summed E-state index contributed by atoms with van der Waals surface area (Å²) in [5, 5.41) is 3.12. The topological polar surface area (TPSA) is 52.7 Å². The Morgan fingerprint density at radius 2 is 2.00 bits per heavy atom. The van der Waals surface area contributed by atoms with Gasteiger partial charge in [-0.25, -0.2) is 0 Å². The predicted octanol–water partition coefficient (Wildman–Crippen LogP) is 2.91. The molecule has 1 aromatic carbocycles. The average Bonchev–Trinajstić information content (AvgIpc) is 3.00. The molecule has 3 unspecified atom stereocenters. The first-order valence-corrected chi connectivity index (χ1v) is 9.86. The lowest BCUT2D eigenvalue weighted by Gasteiger charge is -2.36. The van der Waals surface area contributed by atoms with Crippen molar-refractivity contribution in [3.8, 4) is 0 Å². The molecule has 2 amide bonds. The van der Waals surface area contributed by atoms with Crippen LogP contribution in [-0.2, 0) is 4.79 Å². The van der Waals surface area contributed by atoms with Crippen LogP contribution in [0.25, 0.3) is 0 Å². The number of nitrogens with one attached hydrogen (secondary N) is 1. The third-order valence-electron chi connectivity index (χ3n) is 5.35. The molecule has 2 fully saturated rings. The maximum Gasteiger partial charge on any atom is 0.251 e. The number of rotatable bonds is 5. The predicted molar refractivity (Wildman–Crippen MR) is 104 cm³/mol. The third kappa shape index (κ3) is 4.64. The lowest BCUT2D eigenvalue weighted by Crippen LogP contribution is -2.47. The van der Waals surface area contributed by atoms with Crippen molar-refractivity contribution in [1.82, 2.24) is 10.2 Å². The maximum atomic E-state index is 12.6. The molecule has 2 aliphatic heterocycles. The summed E-state index contributed by atoms with van der Waals surface area (Å²) in [7, 11) is 0. The molecular formula is C21H31N3O2. The highest BCUT2D eigenvalue weighted by molar-refractivity contribution is 5.99. The highest BCUT2D eigenvalue weighted by Crippen LogP contribution is 2.23. The Balaban J connectivity index is 1.58. The number of hydrogen-bond acceptors (Lipinski definition) is 3. The van der Waals surface area contributed by atoms with E-state index in [4.69, 9.17) is 0 Å². The minimum absolute atomic E-state index is 0.0656. The summed E-state index contributed by atoms with van der Waals surface area (Å²) in [4.78, 5) is 28.8. The summed E-state index contributed by atoms with van der Waals surface area (Å²) < 4.78 is 0. The van der Waals surface area contributed by atoms with Crippen LogP contribution in [-0.4, -0.2) is 48.9 Å². The highest BCUT2D eigenvalue weighted by Gasteiger charge is 2.24. The lowest BCUT2D eigenvalue weighted by atomic mass is 9.92. The molecule has 2 saturated heterocycles. The lowest BCUT2D eigenvalue weighted by molar-refractivity contribution is -0.117. The van der Waals surface area contributed by atoms with Crippen LogP contribution in [0.4, 0.5) is 5.69 Å². The quantitative estimate of drug-likeness (QED) is 0.882. The van der Waals surface area contributed by atoms with Gasteiger partial charge in [-0.05, 0) is 49.8 Å². The van der Waals surface area contributed by atoms with E-state index in [9.17, 15) is 9.59 Å². The molecule has 2 heterocycles. The van der Waals surface area contributed by atoms with E-state index < -0.39 is 0 Å². The van der Waals surface area contributed by atoms with Gasteiger partial charge in [0.25, 0.3) is 5.91 Å². The largest absolute Gasteiger partial charge is 0.348 e. The number of likely N-dealkylation sites (tertiary alicyclic amines) is 1. The molecule has 26 heavy (non-hydrogen) atoms. The van der Waals surface area contributed by atoms with Crippen LogP contribution in [0.1, 0.15) is 50.4 Å². The van der Waals surface area contributed by atoms with Gasteiger partial charge in [-0.3, -0.25) is 9.59 Å². The molecule has 5 heteroatoms. The van der Waals surface area contributed by atoms with E-state index in [1.807, 2.05) is 24.3 Å². The maximum absolute atomic E-state index is 12.6. The van der Waals surface area contributed by atoms with Crippen molar-refractivity contribution >= 4 is 17.5 Å². The van der Waals surface area contributed by atoms with Crippen LogP contribution < -0.4 is 10.2 Å². The Kier molecular flexibility index (Phi) is 5.97. The molecule has 142 valence electrons. The molecule has 1 N–H and O–H groups in total. The van der Waals surface area contributed by atoms with Crippen molar-refractivity contribution in [2.45, 2.75) is 46.1 Å². The smallest absolute Gasteiger partial charge is 0.251 e. The normalized spacial score (nSPS) is 25.3. The van der Waals surface area contributed by atoms with Crippen LogP contribution in [0.15, 0.2) is 24.3 Å². The number of carbonyl (C=O) groups is 2. The first-order valence-electron chi connectivity index (χ1n) is 9.86. The molecule has 0 aromatic heterocycles. The van der Waals surface area contributed by atoms with E-state index in [1.54, 1.807) is 4.90 Å². The summed E-state index contributed by atoms with van der Waals surface area (Å²) in [6, 6.07) is 7.50. The third-order valence-corrected chi connectivity index (χ3v) is 5.35. The van der Waals surface area contributed by atoms with E-state index in [1.165, 1.54) is 6.42 Å². The van der Waals surface area contributed by atoms with Gasteiger partial charge in [0.05, 0.1) is 0 Å². The van der Waals surface area contributed by atoms with Crippen LogP contribution in [0.5, 0.6) is 0 Å². The van der Waals surface area contributed by atoms with Gasteiger partial charge in [-0.1, -0.05) is 19.9 Å². The van der Waals surface area contributed by atoms with Gasteiger partial charge in [0.1, 0.15) is 0 Å². The molecule has 2 aliphatic rings. The minimum Gasteiger partial charge on any atom is -0.348 e. The fourth-order valence-electron chi connectivity index (χ4n) is 4.42. The summed E-state index contributed by atoms with van der Waals surface area (Å²) >= 11 is 0. The van der Waals surface area contributed by atoms with Gasteiger partial charge in [-0.15, -0.1) is 0 Å². The van der Waals surface area contributed by atoms with E-state index in [-0.39, 0.29) is 17.9 Å². The van der Waals surface area contributed by atoms with Crippen LogP contribution in [0.2, 0.25) is 0 Å². The second kappa shape index (κ2) is 8.21. The Morgan fingerprint density at radius 1 is 1.27 bits per heavy atom. The Labute approximate surface area is 156 Å². The van der Waals surface area contributed by atoms with E-state index in [0.29, 0.717) is 12.0 Å². The number of carbonyl (C=O) groups excluding carboxylic acids is 2. The molecule has 3 atom stereocenters. The fourth-order valence-corrected chi connectivity index (χ4v) is 4.42. The minimum atomic E-state index is -0.0656. The average molecular weight is 357 g/mol. The van der Waals surface area contributed by atoms with Crippen molar-refractivity contribution in [3.63, 3.8) is 0 Å². The number of anilines is 1. The first kappa shape index (κ1) is 18.9. The SMILES string of the molecule is CC1CC(C)CN(CC(C)NC(=O)c2cccc(N3CCCC3=O)c2)C1. The summed E-state index contributed by atoms with van der Waals surface area (Å²) in [5.41, 5.74) is 1.45. The number of amides is 2. The van der Waals surface area contributed by atoms with Gasteiger partial charge in [-0.2, -0.15) is 0 Å². The molecule has 5 nitrogen and oxygen atoms in total. The van der Waals surface area contributed by atoms with E-state index >= 15 is 0 Å². The van der Waals surface area contributed by atoms with Crippen molar-refractivity contribution in [1.29, 1.82) is 0 Å². The second-order valence-electron chi connectivity index (χ2n) is 8.24. The zero-order chi connectivity index (χ0) is 18.7. The molecule has 0 saturated carbocycles. The molecule has 1 aromatic rings. The molecule has 0 bridgehead atoms. The van der Waals surface area contributed by atoms with Gasteiger partial charge >= 0.3 is 0 Å². The Morgan fingerprint density at radius 3 is 2.65 bits per heavy atom. The summed E-state index contributed by atoms with van der Waals surface area (Å²) in [6.07, 6.45) is 2.78. The summed E-state index contributed by atoms with van der Waals surface area (Å²) in [5.74, 6) is 1.51. The molecule has 3 rings (SSSR count). The van der Waals surface area contributed by atoms with Crippen LogP contribution in [0, 0.1) is 11.8 Å². The van der Waals surface area contributed by atoms with Crippen molar-refractivity contribution < 1.29 is 9.59 Å². The fraction of sp³-hybridized carbons (Fsp3) is 0.619. The molecule has 0 aliphatic carbocycles. The second-order valence-corrected chi connectivity index (χ2v) is 8.24. The zero-order valence-electron chi connectivity index (χ0n) is 16.2. The van der Waals surface area contributed by atoms with E-state index in [0.717, 1.165) is 50.1 Å². The monoisotopic (exact) mass is 357 g/mol. The van der Waals surface area contributed by atoms with Crippen molar-refractivity contribution in [3.05, 3.63) is 29.8 Å². The van der Waals surface area contributed by atoms with E-state index in [2.05, 4.69) is 31.0 Å². The number of benzene rings is 1.